The van der Waals surface area contributed by atoms with E-state index in [-0.39, 0.29) is 25.1 Å². The summed E-state index contributed by atoms with van der Waals surface area (Å²) in [6.07, 6.45) is -4.88. The number of carbonyl (C=O) groups is 1. The first-order valence-electron chi connectivity index (χ1n) is 6.13. The van der Waals surface area contributed by atoms with Gasteiger partial charge in [-0.25, -0.2) is 5.01 Å². The molecule has 1 N–H and O–H groups in total. The molecule has 1 aromatic carbocycles. The van der Waals surface area contributed by atoms with Crippen LogP contribution in [0.3, 0.4) is 0 Å². The predicted octanol–water partition coefficient (Wildman–Crippen LogP) is 1.81. The van der Waals surface area contributed by atoms with Gasteiger partial charge in [-0.1, -0.05) is 12.1 Å². The third kappa shape index (κ3) is 3.69. The van der Waals surface area contributed by atoms with Crippen molar-refractivity contribution in [3.8, 4) is 0 Å². The van der Waals surface area contributed by atoms with Crippen LogP contribution in [-0.2, 0) is 11.2 Å². The molecule has 0 unspecified atom stereocenters. The van der Waals surface area contributed by atoms with Crippen molar-refractivity contribution in [1.29, 1.82) is 0 Å². The number of amides is 1. The fourth-order valence-corrected chi connectivity index (χ4v) is 2.11. The van der Waals surface area contributed by atoms with Gasteiger partial charge in [-0.05, 0) is 12.0 Å². The van der Waals surface area contributed by atoms with Gasteiger partial charge in [0.15, 0.2) is 0 Å². The van der Waals surface area contributed by atoms with Crippen LogP contribution in [0.15, 0.2) is 24.3 Å². The van der Waals surface area contributed by atoms with Crippen LogP contribution >= 0.6 is 0 Å². The average molecular weight is 303 g/mol. The molecule has 2 rings (SSSR count). The number of hydrazine groups is 1. The maximum Gasteiger partial charge on any atom is 0.406 e. The minimum absolute atomic E-state index is 0.0179. The molecule has 1 aliphatic heterocycles. The molecule has 1 aliphatic rings. The van der Waals surface area contributed by atoms with E-state index in [0.717, 1.165) is 17.1 Å². The van der Waals surface area contributed by atoms with Crippen LogP contribution in [0.5, 0.6) is 0 Å². The molecule has 1 amide bonds. The molecule has 1 saturated heterocycles. The Balaban J connectivity index is 2.15. The van der Waals surface area contributed by atoms with Crippen molar-refractivity contribution in [2.45, 2.75) is 25.1 Å². The van der Waals surface area contributed by atoms with Crippen molar-refractivity contribution < 1.29 is 22.9 Å². The molecule has 6 nitrogen and oxygen atoms in total. The average Bonchev–Trinajstić information content (AvgIpc) is 2.81. The highest BCUT2D eigenvalue weighted by Crippen LogP contribution is 2.28. The molecule has 1 atom stereocenters. The van der Waals surface area contributed by atoms with Gasteiger partial charge in [-0.3, -0.25) is 20.3 Å². The second kappa shape index (κ2) is 5.68. The van der Waals surface area contributed by atoms with E-state index >= 15 is 0 Å². The minimum atomic E-state index is -4.51. The first-order chi connectivity index (χ1) is 9.77. The number of alkyl halides is 3. The maximum absolute atomic E-state index is 13.1. The van der Waals surface area contributed by atoms with Crippen LogP contribution in [0.25, 0.3) is 0 Å². The van der Waals surface area contributed by atoms with Crippen LogP contribution in [-0.4, -0.2) is 34.6 Å². The summed E-state index contributed by atoms with van der Waals surface area (Å²) in [6.45, 7) is -0.0179. The Morgan fingerprint density at radius 3 is 2.38 bits per heavy atom. The van der Waals surface area contributed by atoms with E-state index in [9.17, 15) is 28.1 Å². The topological polar surface area (TPSA) is 75.5 Å². The molecule has 0 bridgehead atoms. The molecule has 0 radical (unpaired) electrons. The fourth-order valence-electron chi connectivity index (χ4n) is 2.11. The normalized spacial score (nSPS) is 17.6. The first-order valence-corrected chi connectivity index (χ1v) is 6.13. The molecular formula is C12H12F3N3O3. The van der Waals surface area contributed by atoms with Crippen LogP contribution in [0, 0.1) is 10.1 Å². The number of nitro benzene ring substituents is 1. The fraction of sp³-hybridized carbons (Fsp3) is 0.417. The van der Waals surface area contributed by atoms with E-state index in [1.165, 1.54) is 12.1 Å². The SMILES string of the molecule is O=C1CCN([C@@H](Cc2ccc([N+](=O)[O-])cc2)C(F)(F)F)N1. The Hall–Kier alpha value is -2.16. The number of nitrogens with one attached hydrogen (secondary N) is 1. The summed E-state index contributed by atoms with van der Waals surface area (Å²) < 4.78 is 39.3. The summed E-state index contributed by atoms with van der Waals surface area (Å²) in [5.74, 6) is -0.451. The van der Waals surface area contributed by atoms with Crippen molar-refractivity contribution in [1.82, 2.24) is 10.4 Å². The summed E-state index contributed by atoms with van der Waals surface area (Å²) in [7, 11) is 0. The van der Waals surface area contributed by atoms with E-state index in [1.807, 2.05) is 0 Å². The van der Waals surface area contributed by atoms with Gasteiger partial charge < -0.3 is 0 Å². The number of halogens is 3. The Morgan fingerprint density at radius 1 is 1.33 bits per heavy atom. The summed E-state index contributed by atoms with van der Waals surface area (Å²) >= 11 is 0. The Bertz CT molecular complexity index is 545. The van der Waals surface area contributed by atoms with Crippen LogP contribution < -0.4 is 5.43 Å². The van der Waals surface area contributed by atoms with Crippen molar-refractivity contribution >= 4 is 11.6 Å². The summed E-state index contributed by atoms with van der Waals surface area (Å²) in [5.41, 5.74) is 2.30. The third-order valence-corrected chi connectivity index (χ3v) is 3.18. The molecule has 21 heavy (non-hydrogen) atoms. The third-order valence-electron chi connectivity index (χ3n) is 3.18. The lowest BCUT2D eigenvalue weighted by molar-refractivity contribution is -0.384. The van der Waals surface area contributed by atoms with E-state index in [1.54, 1.807) is 0 Å². The lowest BCUT2D eigenvalue weighted by atomic mass is 10.0. The van der Waals surface area contributed by atoms with Gasteiger partial charge >= 0.3 is 6.18 Å². The van der Waals surface area contributed by atoms with Crippen molar-refractivity contribution in [2.24, 2.45) is 0 Å². The summed E-state index contributed by atoms with van der Waals surface area (Å²) in [5, 5.41) is 11.4. The van der Waals surface area contributed by atoms with Gasteiger partial charge in [-0.15, -0.1) is 0 Å². The molecule has 1 aromatic rings. The minimum Gasteiger partial charge on any atom is -0.288 e. The van der Waals surface area contributed by atoms with Crippen molar-refractivity contribution in [3.05, 3.63) is 39.9 Å². The highest BCUT2D eigenvalue weighted by Gasteiger charge is 2.45. The maximum atomic E-state index is 13.1. The predicted molar refractivity (Wildman–Crippen MR) is 66.1 cm³/mol. The number of hydrogen-bond donors (Lipinski definition) is 1. The number of benzene rings is 1. The Kier molecular flexibility index (Phi) is 4.12. The first kappa shape index (κ1) is 15.2. The van der Waals surface area contributed by atoms with Crippen LogP contribution in [0.1, 0.15) is 12.0 Å². The van der Waals surface area contributed by atoms with Crippen LogP contribution in [0.2, 0.25) is 0 Å². The lowest BCUT2D eigenvalue weighted by Gasteiger charge is -2.28. The zero-order chi connectivity index (χ0) is 15.6. The highest BCUT2D eigenvalue weighted by molar-refractivity contribution is 5.77. The molecule has 1 fully saturated rings. The van der Waals surface area contributed by atoms with Gasteiger partial charge in [-0.2, -0.15) is 13.2 Å². The number of rotatable bonds is 4. The van der Waals surface area contributed by atoms with Gasteiger partial charge in [0.2, 0.25) is 5.91 Å². The summed E-state index contributed by atoms with van der Waals surface area (Å²) in [6, 6.07) is 3.03. The Labute approximate surface area is 117 Å². The number of nitro groups is 1. The quantitative estimate of drug-likeness (QED) is 0.680. The van der Waals surface area contributed by atoms with E-state index in [4.69, 9.17) is 0 Å². The molecular weight excluding hydrogens is 291 g/mol. The number of non-ortho nitro benzene ring substituents is 1. The second-order valence-corrected chi connectivity index (χ2v) is 4.66. The van der Waals surface area contributed by atoms with E-state index < -0.39 is 23.0 Å². The summed E-state index contributed by atoms with van der Waals surface area (Å²) in [4.78, 5) is 21.0. The van der Waals surface area contributed by atoms with E-state index in [0.29, 0.717) is 5.56 Å². The molecule has 114 valence electrons. The molecule has 0 saturated carbocycles. The van der Waals surface area contributed by atoms with Gasteiger partial charge in [0.05, 0.1) is 4.92 Å². The number of hydrogen-bond acceptors (Lipinski definition) is 4. The van der Waals surface area contributed by atoms with Gasteiger partial charge in [0, 0.05) is 25.1 Å². The zero-order valence-corrected chi connectivity index (χ0v) is 10.8. The second-order valence-electron chi connectivity index (χ2n) is 4.66. The van der Waals surface area contributed by atoms with Crippen molar-refractivity contribution in [3.63, 3.8) is 0 Å². The zero-order valence-electron chi connectivity index (χ0n) is 10.8. The number of carbonyl (C=O) groups excluding carboxylic acids is 1. The number of nitrogens with zero attached hydrogens (tertiary/aromatic N) is 2. The monoisotopic (exact) mass is 303 g/mol. The Morgan fingerprint density at radius 2 is 1.95 bits per heavy atom. The highest BCUT2D eigenvalue weighted by atomic mass is 19.4. The van der Waals surface area contributed by atoms with Crippen molar-refractivity contribution in [2.75, 3.05) is 6.54 Å². The molecule has 0 spiro atoms. The van der Waals surface area contributed by atoms with Crippen LogP contribution in [0.4, 0.5) is 18.9 Å². The largest absolute Gasteiger partial charge is 0.406 e. The van der Waals surface area contributed by atoms with E-state index in [2.05, 4.69) is 5.43 Å². The lowest BCUT2D eigenvalue weighted by Crippen LogP contribution is -2.51. The molecule has 0 aliphatic carbocycles. The standard InChI is InChI=1S/C12H12F3N3O3/c13-12(14,15)10(17-6-5-11(19)16-17)7-8-1-3-9(4-2-8)18(20)21/h1-4,10H,5-7H2,(H,16,19)/t10-/m0/s1. The van der Waals surface area contributed by atoms with Gasteiger partial charge in [0.25, 0.3) is 5.69 Å². The van der Waals surface area contributed by atoms with Gasteiger partial charge in [0.1, 0.15) is 6.04 Å². The molecule has 1 heterocycles. The molecule has 0 aromatic heterocycles. The smallest absolute Gasteiger partial charge is 0.288 e. The molecule has 9 heteroatoms.